The monoisotopic (exact) mass is 249 g/mol. The Hall–Kier alpha value is -1.52. The van der Waals surface area contributed by atoms with E-state index in [1.165, 1.54) is 19.3 Å². The van der Waals surface area contributed by atoms with Crippen molar-refractivity contribution >= 4 is 11.8 Å². The van der Waals surface area contributed by atoms with E-state index in [1.54, 1.807) is 0 Å². The van der Waals surface area contributed by atoms with E-state index in [2.05, 4.69) is 14.9 Å². The number of fused-ring (bicyclic) bond motifs is 1. The van der Waals surface area contributed by atoms with E-state index in [-0.39, 0.29) is 5.69 Å². The Kier molecular flexibility index (Phi) is 2.97. The smallest absolute Gasteiger partial charge is 0.358 e. The molecular weight excluding hydrogens is 230 g/mol. The van der Waals surface area contributed by atoms with Gasteiger partial charge in [0.05, 0.1) is 0 Å². The summed E-state index contributed by atoms with van der Waals surface area (Å²) in [4.78, 5) is 15.7. The highest BCUT2D eigenvalue weighted by molar-refractivity contribution is 5.91. The lowest BCUT2D eigenvalue weighted by Crippen LogP contribution is -2.21. The molecule has 0 spiro atoms. The van der Waals surface area contributed by atoms with Crippen molar-refractivity contribution in [1.29, 1.82) is 0 Å². The van der Waals surface area contributed by atoms with Crippen molar-refractivity contribution in [3.8, 4) is 0 Å². The molecule has 0 bridgehead atoms. The number of carboxylic acid groups (broad SMARTS) is 1. The molecule has 18 heavy (non-hydrogen) atoms. The van der Waals surface area contributed by atoms with Crippen molar-refractivity contribution in [3.05, 3.63) is 11.5 Å². The molecular formula is C13H19N3O2. The van der Waals surface area contributed by atoms with Gasteiger partial charge in [0.15, 0.2) is 5.69 Å². The second-order valence-corrected chi connectivity index (χ2v) is 5.24. The van der Waals surface area contributed by atoms with Gasteiger partial charge in [-0.15, -0.1) is 0 Å². The van der Waals surface area contributed by atoms with E-state index in [9.17, 15) is 9.90 Å². The molecule has 1 aliphatic heterocycles. The molecule has 1 fully saturated rings. The van der Waals surface area contributed by atoms with Crippen LogP contribution in [-0.4, -0.2) is 27.2 Å². The highest BCUT2D eigenvalue weighted by Gasteiger charge is 2.28. The summed E-state index contributed by atoms with van der Waals surface area (Å²) in [5, 5.41) is 12.4. The molecule has 0 radical (unpaired) electrons. The zero-order valence-corrected chi connectivity index (χ0v) is 10.5. The summed E-state index contributed by atoms with van der Waals surface area (Å²) < 4.78 is 2.10. The molecule has 0 unspecified atom stereocenters. The standard InChI is InChI=1S/C13H19N3O2/c17-13(18)10-12-14-7-4-8-16(12)11(15-10)9-5-2-1-3-6-9/h9,14H,1-8H2,(H,17,18). The van der Waals surface area contributed by atoms with E-state index < -0.39 is 5.97 Å². The van der Waals surface area contributed by atoms with Gasteiger partial charge in [0.1, 0.15) is 11.6 Å². The van der Waals surface area contributed by atoms with Crippen molar-refractivity contribution in [1.82, 2.24) is 9.55 Å². The van der Waals surface area contributed by atoms with E-state index >= 15 is 0 Å². The number of carbonyl (C=O) groups is 1. The molecule has 0 aromatic carbocycles. The van der Waals surface area contributed by atoms with Crippen LogP contribution in [0.1, 0.15) is 60.8 Å². The Morgan fingerprint density at radius 3 is 2.78 bits per heavy atom. The van der Waals surface area contributed by atoms with Gasteiger partial charge in [-0.1, -0.05) is 19.3 Å². The largest absolute Gasteiger partial charge is 0.476 e. The van der Waals surface area contributed by atoms with E-state index in [4.69, 9.17) is 0 Å². The molecule has 1 aromatic rings. The van der Waals surface area contributed by atoms with Gasteiger partial charge < -0.3 is 15.0 Å². The maximum absolute atomic E-state index is 11.3. The Morgan fingerprint density at radius 1 is 1.28 bits per heavy atom. The molecule has 0 saturated heterocycles. The van der Waals surface area contributed by atoms with Crippen LogP contribution in [0.3, 0.4) is 0 Å². The summed E-state index contributed by atoms with van der Waals surface area (Å²) in [6, 6.07) is 0. The average Bonchev–Trinajstić information content (AvgIpc) is 2.79. The summed E-state index contributed by atoms with van der Waals surface area (Å²) >= 11 is 0. The first-order valence-electron chi connectivity index (χ1n) is 6.85. The number of nitrogens with one attached hydrogen (secondary N) is 1. The third kappa shape index (κ3) is 1.87. The number of rotatable bonds is 2. The van der Waals surface area contributed by atoms with Crippen molar-refractivity contribution in [3.63, 3.8) is 0 Å². The van der Waals surface area contributed by atoms with Crippen molar-refractivity contribution < 1.29 is 9.90 Å². The fourth-order valence-electron chi connectivity index (χ4n) is 3.14. The molecule has 2 N–H and O–H groups in total. The molecule has 3 rings (SSSR count). The molecule has 0 atom stereocenters. The number of aromatic nitrogens is 2. The topological polar surface area (TPSA) is 67.1 Å². The summed E-state index contributed by atoms with van der Waals surface area (Å²) in [7, 11) is 0. The Labute approximate surface area is 106 Å². The van der Waals surface area contributed by atoms with Gasteiger partial charge in [-0.05, 0) is 19.3 Å². The predicted octanol–water partition coefficient (Wildman–Crippen LogP) is 2.44. The summed E-state index contributed by atoms with van der Waals surface area (Å²) in [5.41, 5.74) is 0.204. The Balaban J connectivity index is 2.00. The van der Waals surface area contributed by atoms with Gasteiger partial charge in [0, 0.05) is 19.0 Å². The molecule has 98 valence electrons. The van der Waals surface area contributed by atoms with Gasteiger partial charge in [0.25, 0.3) is 0 Å². The third-order valence-electron chi connectivity index (χ3n) is 4.02. The SMILES string of the molecule is O=C(O)c1nc(C2CCCCC2)n2c1NCCC2. The lowest BCUT2D eigenvalue weighted by atomic mass is 9.88. The number of imidazole rings is 1. The summed E-state index contributed by atoms with van der Waals surface area (Å²) in [6.45, 7) is 1.74. The van der Waals surface area contributed by atoms with E-state index in [0.29, 0.717) is 11.7 Å². The van der Waals surface area contributed by atoms with Crippen molar-refractivity contribution in [2.45, 2.75) is 51.0 Å². The maximum atomic E-state index is 11.3. The molecule has 5 heteroatoms. The van der Waals surface area contributed by atoms with Crippen LogP contribution in [0.5, 0.6) is 0 Å². The summed E-state index contributed by atoms with van der Waals surface area (Å²) in [5.74, 6) is 1.24. The number of carboxylic acids is 1. The first-order chi connectivity index (χ1) is 8.77. The van der Waals surface area contributed by atoms with Crippen LogP contribution in [0.25, 0.3) is 0 Å². The predicted molar refractivity (Wildman–Crippen MR) is 68.1 cm³/mol. The zero-order chi connectivity index (χ0) is 12.5. The number of hydrogen-bond acceptors (Lipinski definition) is 3. The molecule has 1 aliphatic carbocycles. The van der Waals surface area contributed by atoms with Crippen molar-refractivity contribution in [2.75, 3.05) is 11.9 Å². The third-order valence-corrected chi connectivity index (χ3v) is 4.02. The van der Waals surface area contributed by atoms with Gasteiger partial charge in [-0.2, -0.15) is 0 Å². The average molecular weight is 249 g/mol. The van der Waals surface area contributed by atoms with Crippen LogP contribution < -0.4 is 5.32 Å². The van der Waals surface area contributed by atoms with Crippen LogP contribution in [0.4, 0.5) is 5.82 Å². The van der Waals surface area contributed by atoms with Crippen LogP contribution in [0.2, 0.25) is 0 Å². The van der Waals surface area contributed by atoms with E-state index in [1.807, 2.05) is 0 Å². The lowest BCUT2D eigenvalue weighted by Gasteiger charge is -2.24. The van der Waals surface area contributed by atoms with Gasteiger partial charge in [0.2, 0.25) is 0 Å². The van der Waals surface area contributed by atoms with E-state index in [0.717, 1.165) is 38.2 Å². The molecule has 1 saturated carbocycles. The second-order valence-electron chi connectivity index (χ2n) is 5.24. The highest BCUT2D eigenvalue weighted by Crippen LogP contribution is 2.35. The quantitative estimate of drug-likeness (QED) is 0.844. The van der Waals surface area contributed by atoms with Gasteiger partial charge in [-0.3, -0.25) is 0 Å². The van der Waals surface area contributed by atoms with Gasteiger partial charge >= 0.3 is 5.97 Å². The normalized spacial score (nSPS) is 20.2. The molecule has 2 aliphatic rings. The Morgan fingerprint density at radius 2 is 2.06 bits per heavy atom. The first-order valence-corrected chi connectivity index (χ1v) is 6.85. The maximum Gasteiger partial charge on any atom is 0.358 e. The minimum absolute atomic E-state index is 0.204. The number of hydrogen-bond donors (Lipinski definition) is 2. The fraction of sp³-hybridized carbons (Fsp3) is 0.692. The lowest BCUT2D eigenvalue weighted by molar-refractivity contribution is 0.0692. The fourth-order valence-corrected chi connectivity index (χ4v) is 3.14. The Bertz CT molecular complexity index is 461. The molecule has 2 heterocycles. The van der Waals surface area contributed by atoms with Gasteiger partial charge in [-0.25, -0.2) is 9.78 Å². The number of anilines is 1. The number of nitrogens with zero attached hydrogens (tertiary/aromatic N) is 2. The molecule has 1 aromatic heterocycles. The minimum atomic E-state index is -0.921. The van der Waals surface area contributed by atoms with Crippen LogP contribution in [-0.2, 0) is 6.54 Å². The minimum Gasteiger partial charge on any atom is -0.476 e. The molecule has 5 nitrogen and oxygen atoms in total. The highest BCUT2D eigenvalue weighted by atomic mass is 16.4. The summed E-state index contributed by atoms with van der Waals surface area (Å²) in [6.07, 6.45) is 7.12. The van der Waals surface area contributed by atoms with Crippen LogP contribution in [0.15, 0.2) is 0 Å². The first kappa shape index (κ1) is 11.6. The molecule has 0 amide bonds. The zero-order valence-electron chi connectivity index (χ0n) is 10.5. The van der Waals surface area contributed by atoms with Crippen LogP contribution >= 0.6 is 0 Å². The van der Waals surface area contributed by atoms with Crippen molar-refractivity contribution in [2.24, 2.45) is 0 Å². The second kappa shape index (κ2) is 4.63. The number of aromatic carboxylic acids is 1. The van der Waals surface area contributed by atoms with Crippen LogP contribution in [0, 0.1) is 0 Å².